The zero-order chi connectivity index (χ0) is 11.3. The highest BCUT2D eigenvalue weighted by molar-refractivity contribution is 5.86. The number of carbonyl (C=O) groups is 1. The smallest absolute Gasteiger partial charge is 0.333 e. The lowest BCUT2D eigenvalue weighted by Gasteiger charge is -2.03. The molecule has 5 nitrogen and oxygen atoms in total. The highest BCUT2D eigenvalue weighted by Gasteiger charge is 2.04. The summed E-state index contributed by atoms with van der Waals surface area (Å²) in [5.41, 5.74) is 0.368. The van der Waals surface area contributed by atoms with Gasteiger partial charge in [-0.2, -0.15) is 0 Å². The van der Waals surface area contributed by atoms with Crippen molar-refractivity contribution in [3.05, 3.63) is 24.0 Å². The molecule has 0 aromatic carbocycles. The van der Waals surface area contributed by atoms with Gasteiger partial charge in [0.05, 0.1) is 0 Å². The van der Waals surface area contributed by atoms with Crippen molar-refractivity contribution in [2.45, 2.75) is 13.8 Å². The van der Waals surface area contributed by atoms with Gasteiger partial charge < -0.3 is 14.0 Å². The number of hydrogen-bond donors (Lipinski definition) is 0. The van der Waals surface area contributed by atoms with Crippen LogP contribution in [0.4, 0.5) is 0 Å². The molecule has 0 saturated carbocycles. The summed E-state index contributed by atoms with van der Waals surface area (Å²) < 4.78 is 14.7. The van der Waals surface area contributed by atoms with Crippen LogP contribution in [0.3, 0.4) is 0 Å². The molecule has 1 heterocycles. The summed E-state index contributed by atoms with van der Waals surface area (Å²) in [6.45, 7) is 7.21. The van der Waals surface area contributed by atoms with Gasteiger partial charge in [0.15, 0.2) is 0 Å². The SMILES string of the molecule is C=C(C)C(=O)OCCOc1cc(C)on1. The molecule has 1 aromatic rings. The third-order valence-corrected chi connectivity index (χ3v) is 1.52. The van der Waals surface area contributed by atoms with E-state index < -0.39 is 5.97 Å². The first-order valence-corrected chi connectivity index (χ1v) is 4.48. The largest absolute Gasteiger partial charge is 0.472 e. The van der Waals surface area contributed by atoms with Crippen LogP contribution in [0.15, 0.2) is 22.7 Å². The van der Waals surface area contributed by atoms with E-state index in [1.54, 1.807) is 19.9 Å². The summed E-state index contributed by atoms with van der Waals surface area (Å²) in [6, 6.07) is 1.65. The van der Waals surface area contributed by atoms with Gasteiger partial charge in [-0.3, -0.25) is 0 Å². The molecule has 0 atom stereocenters. The van der Waals surface area contributed by atoms with Crippen molar-refractivity contribution in [2.24, 2.45) is 0 Å². The Morgan fingerprint density at radius 2 is 2.33 bits per heavy atom. The van der Waals surface area contributed by atoms with Crippen LogP contribution in [-0.2, 0) is 9.53 Å². The second-order valence-corrected chi connectivity index (χ2v) is 3.04. The molecular formula is C10H13NO4. The van der Waals surface area contributed by atoms with Crippen LogP contribution in [0, 0.1) is 6.92 Å². The summed E-state index contributed by atoms with van der Waals surface area (Å²) >= 11 is 0. The van der Waals surface area contributed by atoms with E-state index in [0.717, 1.165) is 0 Å². The predicted octanol–water partition coefficient (Wildman–Crippen LogP) is 1.48. The Kier molecular flexibility index (Phi) is 3.91. The van der Waals surface area contributed by atoms with Gasteiger partial charge in [-0.05, 0) is 19.0 Å². The molecule has 1 rings (SSSR count). The molecular weight excluding hydrogens is 198 g/mol. The van der Waals surface area contributed by atoms with Crippen molar-refractivity contribution in [1.82, 2.24) is 5.16 Å². The maximum atomic E-state index is 10.9. The number of rotatable bonds is 5. The van der Waals surface area contributed by atoms with E-state index in [1.807, 2.05) is 0 Å². The average molecular weight is 211 g/mol. The summed E-state index contributed by atoms with van der Waals surface area (Å²) in [4.78, 5) is 10.9. The topological polar surface area (TPSA) is 61.6 Å². The Morgan fingerprint density at radius 1 is 1.60 bits per heavy atom. The first-order valence-electron chi connectivity index (χ1n) is 4.48. The highest BCUT2D eigenvalue weighted by Crippen LogP contribution is 2.09. The van der Waals surface area contributed by atoms with Gasteiger partial charge in [-0.25, -0.2) is 4.79 Å². The molecule has 0 spiro atoms. The minimum absolute atomic E-state index is 0.164. The van der Waals surface area contributed by atoms with E-state index in [1.165, 1.54) is 0 Å². The Hall–Kier alpha value is -1.78. The lowest BCUT2D eigenvalue weighted by Crippen LogP contribution is -2.12. The molecule has 0 aliphatic rings. The molecule has 1 aromatic heterocycles. The summed E-state index contributed by atoms with van der Waals surface area (Å²) in [5.74, 6) is 0.637. The predicted molar refractivity (Wildman–Crippen MR) is 52.5 cm³/mol. The van der Waals surface area contributed by atoms with Gasteiger partial charge in [-0.1, -0.05) is 6.58 Å². The van der Waals surface area contributed by atoms with Crippen LogP contribution in [0.5, 0.6) is 5.88 Å². The molecule has 0 radical (unpaired) electrons. The zero-order valence-electron chi connectivity index (χ0n) is 8.78. The molecule has 0 fully saturated rings. The van der Waals surface area contributed by atoms with E-state index in [0.29, 0.717) is 17.2 Å². The number of aryl methyl sites for hydroxylation is 1. The fraction of sp³-hybridized carbons (Fsp3) is 0.400. The fourth-order valence-electron chi connectivity index (χ4n) is 0.815. The van der Waals surface area contributed by atoms with Gasteiger partial charge in [0.2, 0.25) is 0 Å². The van der Waals surface area contributed by atoms with Gasteiger partial charge in [0.25, 0.3) is 5.88 Å². The van der Waals surface area contributed by atoms with Crippen LogP contribution in [-0.4, -0.2) is 24.3 Å². The monoisotopic (exact) mass is 211 g/mol. The number of nitrogens with zero attached hydrogens (tertiary/aromatic N) is 1. The Balaban J connectivity index is 2.17. The third-order valence-electron chi connectivity index (χ3n) is 1.52. The van der Waals surface area contributed by atoms with Crippen molar-refractivity contribution < 1.29 is 18.8 Å². The van der Waals surface area contributed by atoms with E-state index >= 15 is 0 Å². The molecule has 5 heteroatoms. The maximum absolute atomic E-state index is 10.9. The normalized spacial score (nSPS) is 9.73. The highest BCUT2D eigenvalue weighted by atomic mass is 16.6. The second kappa shape index (κ2) is 5.19. The van der Waals surface area contributed by atoms with Crippen LogP contribution in [0.25, 0.3) is 0 Å². The molecule has 0 aliphatic heterocycles. The molecule has 15 heavy (non-hydrogen) atoms. The Bertz CT molecular complexity index is 356. The molecule has 0 aliphatic carbocycles. The fourth-order valence-corrected chi connectivity index (χ4v) is 0.815. The first kappa shape index (κ1) is 11.3. The van der Waals surface area contributed by atoms with Gasteiger partial charge in [0.1, 0.15) is 19.0 Å². The van der Waals surface area contributed by atoms with E-state index in [2.05, 4.69) is 11.7 Å². The van der Waals surface area contributed by atoms with Crippen molar-refractivity contribution >= 4 is 5.97 Å². The molecule has 0 unspecified atom stereocenters. The lowest BCUT2D eigenvalue weighted by molar-refractivity contribution is -0.139. The van der Waals surface area contributed by atoms with Crippen LogP contribution >= 0.6 is 0 Å². The van der Waals surface area contributed by atoms with Crippen LogP contribution < -0.4 is 4.74 Å². The summed E-state index contributed by atoms with van der Waals surface area (Å²) in [5, 5.41) is 3.61. The van der Waals surface area contributed by atoms with Gasteiger partial charge >= 0.3 is 5.97 Å². The van der Waals surface area contributed by atoms with E-state index in [4.69, 9.17) is 14.0 Å². The Labute approximate surface area is 87.7 Å². The lowest BCUT2D eigenvalue weighted by atomic mass is 10.4. The van der Waals surface area contributed by atoms with Crippen LogP contribution in [0.1, 0.15) is 12.7 Å². The Morgan fingerprint density at radius 3 is 2.87 bits per heavy atom. The van der Waals surface area contributed by atoms with E-state index in [9.17, 15) is 4.79 Å². The quantitative estimate of drug-likeness (QED) is 0.419. The minimum Gasteiger partial charge on any atom is -0.472 e. The summed E-state index contributed by atoms with van der Waals surface area (Å²) in [6.07, 6.45) is 0. The maximum Gasteiger partial charge on any atom is 0.333 e. The second-order valence-electron chi connectivity index (χ2n) is 3.04. The minimum atomic E-state index is -0.421. The van der Waals surface area contributed by atoms with Crippen LogP contribution in [0.2, 0.25) is 0 Å². The summed E-state index contributed by atoms with van der Waals surface area (Å²) in [7, 11) is 0. The van der Waals surface area contributed by atoms with Gasteiger partial charge in [0, 0.05) is 11.6 Å². The number of hydrogen-bond acceptors (Lipinski definition) is 5. The molecule has 0 amide bonds. The number of carbonyl (C=O) groups excluding carboxylic acids is 1. The molecule has 0 saturated heterocycles. The standard InChI is InChI=1S/C10H13NO4/c1-7(2)10(12)14-5-4-13-9-6-8(3)15-11-9/h6H,1,4-5H2,2-3H3. The third kappa shape index (κ3) is 3.84. The van der Waals surface area contributed by atoms with Crippen molar-refractivity contribution in [3.63, 3.8) is 0 Å². The molecule has 82 valence electrons. The molecule has 0 N–H and O–H groups in total. The average Bonchev–Trinajstić information content (AvgIpc) is 2.58. The number of aromatic nitrogens is 1. The van der Waals surface area contributed by atoms with Crippen molar-refractivity contribution in [2.75, 3.05) is 13.2 Å². The zero-order valence-corrected chi connectivity index (χ0v) is 8.78. The van der Waals surface area contributed by atoms with Gasteiger partial charge in [-0.15, -0.1) is 0 Å². The van der Waals surface area contributed by atoms with Crippen molar-refractivity contribution in [1.29, 1.82) is 0 Å². The number of esters is 1. The van der Waals surface area contributed by atoms with E-state index in [-0.39, 0.29) is 13.2 Å². The molecule has 0 bridgehead atoms. The first-order chi connectivity index (χ1) is 7.09. The van der Waals surface area contributed by atoms with Crippen molar-refractivity contribution in [3.8, 4) is 5.88 Å². The number of ether oxygens (including phenoxy) is 2.